The van der Waals surface area contributed by atoms with E-state index < -0.39 is 5.82 Å². The Morgan fingerprint density at radius 3 is 2.69 bits per heavy atom. The van der Waals surface area contributed by atoms with Crippen molar-refractivity contribution in [2.24, 2.45) is 0 Å². The molecule has 2 nitrogen and oxygen atoms in total. The molecule has 1 aromatic heterocycles. The number of hydrogen-bond donors (Lipinski definition) is 0. The van der Waals surface area contributed by atoms with E-state index in [4.69, 9.17) is 0 Å². The summed E-state index contributed by atoms with van der Waals surface area (Å²) in [5.74, 6) is -0.685. The minimum atomic E-state index is -0.443. The molecule has 80 valence electrons. The van der Waals surface area contributed by atoms with Crippen molar-refractivity contribution in [1.29, 1.82) is 0 Å². The quantitative estimate of drug-likeness (QED) is 0.790. The third-order valence-corrected chi connectivity index (χ3v) is 2.51. The van der Waals surface area contributed by atoms with Gasteiger partial charge in [0.2, 0.25) is 0 Å². The first-order valence-corrected chi connectivity index (χ1v) is 5.37. The highest BCUT2D eigenvalue weighted by Gasteiger charge is 2.10. The number of aromatic nitrogens is 1. The van der Waals surface area contributed by atoms with Crippen LogP contribution in [0.25, 0.3) is 0 Å². The van der Waals surface area contributed by atoms with E-state index in [0.717, 1.165) is 0 Å². The molecule has 1 heterocycles. The Labute approximate surface area is 100 Å². The highest BCUT2D eigenvalue weighted by Crippen LogP contribution is 2.17. The van der Waals surface area contributed by atoms with E-state index in [1.165, 1.54) is 18.3 Å². The minimum absolute atomic E-state index is 0.242. The highest BCUT2D eigenvalue weighted by molar-refractivity contribution is 9.10. The van der Waals surface area contributed by atoms with Gasteiger partial charge in [-0.3, -0.25) is 9.78 Å². The zero-order valence-electron chi connectivity index (χ0n) is 8.15. The molecule has 0 aliphatic rings. The van der Waals surface area contributed by atoms with Gasteiger partial charge in [-0.05, 0) is 30.3 Å². The van der Waals surface area contributed by atoms with E-state index in [1.54, 1.807) is 24.4 Å². The Morgan fingerprint density at radius 2 is 2.06 bits per heavy atom. The van der Waals surface area contributed by atoms with Gasteiger partial charge in [0.05, 0.1) is 0 Å². The second-order valence-corrected chi connectivity index (χ2v) is 4.14. The van der Waals surface area contributed by atoms with Gasteiger partial charge in [0.1, 0.15) is 5.82 Å². The van der Waals surface area contributed by atoms with Crippen LogP contribution in [0.4, 0.5) is 4.39 Å². The molecule has 0 radical (unpaired) electrons. The minimum Gasteiger partial charge on any atom is -0.289 e. The van der Waals surface area contributed by atoms with Crippen LogP contribution >= 0.6 is 15.9 Å². The third-order valence-electron chi connectivity index (χ3n) is 2.05. The summed E-state index contributed by atoms with van der Waals surface area (Å²) in [6.45, 7) is 0. The van der Waals surface area contributed by atoms with Crippen molar-refractivity contribution in [1.82, 2.24) is 4.98 Å². The van der Waals surface area contributed by atoms with Crippen LogP contribution in [0.5, 0.6) is 0 Å². The zero-order chi connectivity index (χ0) is 11.5. The second-order valence-electron chi connectivity index (χ2n) is 3.23. The summed E-state index contributed by atoms with van der Waals surface area (Å²) in [6.07, 6.45) is 3.04. The fraction of sp³-hybridized carbons (Fsp3) is 0. The van der Waals surface area contributed by atoms with E-state index in [0.29, 0.717) is 15.6 Å². The van der Waals surface area contributed by atoms with E-state index >= 15 is 0 Å². The number of rotatable bonds is 2. The van der Waals surface area contributed by atoms with Gasteiger partial charge in [0.15, 0.2) is 5.78 Å². The Kier molecular flexibility index (Phi) is 3.10. The predicted octanol–water partition coefficient (Wildman–Crippen LogP) is 3.21. The van der Waals surface area contributed by atoms with E-state index in [2.05, 4.69) is 20.9 Å². The smallest absolute Gasteiger partial charge is 0.194 e. The number of hydrogen-bond acceptors (Lipinski definition) is 2. The van der Waals surface area contributed by atoms with Crippen molar-refractivity contribution < 1.29 is 9.18 Å². The maximum atomic E-state index is 13.1. The number of halogens is 2. The average Bonchev–Trinajstić information content (AvgIpc) is 2.28. The van der Waals surface area contributed by atoms with Crippen molar-refractivity contribution >= 4 is 21.7 Å². The Bertz CT molecular complexity index is 508. The summed E-state index contributed by atoms with van der Waals surface area (Å²) < 4.78 is 13.6. The van der Waals surface area contributed by atoms with E-state index in [-0.39, 0.29) is 5.78 Å². The number of pyridine rings is 1. The molecule has 0 amide bonds. The lowest BCUT2D eigenvalue weighted by atomic mass is 10.1. The topological polar surface area (TPSA) is 30.0 Å². The van der Waals surface area contributed by atoms with Gasteiger partial charge < -0.3 is 0 Å². The van der Waals surface area contributed by atoms with Gasteiger partial charge in [-0.15, -0.1) is 0 Å². The summed E-state index contributed by atoms with van der Waals surface area (Å²) in [4.78, 5) is 15.8. The fourth-order valence-electron chi connectivity index (χ4n) is 1.35. The maximum absolute atomic E-state index is 13.1. The first-order chi connectivity index (χ1) is 7.66. The lowest BCUT2D eigenvalue weighted by molar-refractivity contribution is 0.103. The molecule has 0 unspecified atom stereocenters. The molecule has 0 atom stereocenters. The Balaban J connectivity index is 2.42. The molecule has 4 heteroatoms. The molecule has 0 saturated carbocycles. The first kappa shape index (κ1) is 11.0. The van der Waals surface area contributed by atoms with Crippen LogP contribution in [0.3, 0.4) is 0 Å². The lowest BCUT2D eigenvalue weighted by Gasteiger charge is -2.01. The van der Waals surface area contributed by atoms with Crippen LogP contribution in [0.1, 0.15) is 15.9 Å². The molecule has 0 fully saturated rings. The first-order valence-electron chi connectivity index (χ1n) is 4.57. The summed E-state index contributed by atoms with van der Waals surface area (Å²) in [5.41, 5.74) is 0.750. The van der Waals surface area contributed by atoms with E-state index in [9.17, 15) is 9.18 Å². The molecule has 0 spiro atoms. The highest BCUT2D eigenvalue weighted by atomic mass is 79.9. The largest absolute Gasteiger partial charge is 0.289 e. The van der Waals surface area contributed by atoms with Gasteiger partial charge in [-0.1, -0.05) is 15.9 Å². The van der Waals surface area contributed by atoms with Gasteiger partial charge >= 0.3 is 0 Å². The molecule has 0 saturated heterocycles. The van der Waals surface area contributed by atoms with Gasteiger partial charge in [0.25, 0.3) is 0 Å². The number of ketones is 1. The monoisotopic (exact) mass is 279 g/mol. The van der Waals surface area contributed by atoms with Gasteiger partial charge in [-0.25, -0.2) is 4.39 Å². The van der Waals surface area contributed by atoms with Crippen LogP contribution in [-0.2, 0) is 0 Å². The van der Waals surface area contributed by atoms with Crippen LogP contribution < -0.4 is 0 Å². The second kappa shape index (κ2) is 4.53. The molecule has 16 heavy (non-hydrogen) atoms. The number of carbonyl (C=O) groups is 1. The lowest BCUT2D eigenvalue weighted by Crippen LogP contribution is -2.02. The Morgan fingerprint density at radius 1 is 1.25 bits per heavy atom. The molecule has 1 aromatic carbocycles. The molecule has 0 N–H and O–H groups in total. The Hall–Kier alpha value is -1.55. The van der Waals surface area contributed by atoms with Crippen LogP contribution in [0.2, 0.25) is 0 Å². The normalized spacial score (nSPS) is 10.1. The molecule has 2 aromatic rings. The van der Waals surface area contributed by atoms with Crippen LogP contribution in [0, 0.1) is 5.82 Å². The standard InChI is InChI=1S/C12H7BrFNO/c13-10-4-9(5-11(14)6-10)12(16)8-2-1-3-15-7-8/h1-7H. The van der Waals surface area contributed by atoms with Crippen LogP contribution in [-0.4, -0.2) is 10.8 Å². The zero-order valence-corrected chi connectivity index (χ0v) is 9.74. The summed E-state index contributed by atoms with van der Waals surface area (Å²) >= 11 is 3.15. The SMILES string of the molecule is O=C(c1cccnc1)c1cc(F)cc(Br)c1. The fourth-order valence-corrected chi connectivity index (χ4v) is 1.81. The summed E-state index contributed by atoms with van der Waals surface area (Å²) in [7, 11) is 0. The summed E-state index contributed by atoms with van der Waals surface area (Å²) in [6, 6.07) is 7.41. The number of nitrogens with zero attached hydrogens (tertiary/aromatic N) is 1. The number of carbonyl (C=O) groups excluding carboxylic acids is 1. The van der Waals surface area contributed by atoms with Crippen molar-refractivity contribution in [2.45, 2.75) is 0 Å². The van der Waals surface area contributed by atoms with E-state index in [1.807, 2.05) is 0 Å². The molecule has 0 aliphatic heterocycles. The van der Waals surface area contributed by atoms with Crippen molar-refractivity contribution in [3.8, 4) is 0 Å². The maximum Gasteiger partial charge on any atom is 0.194 e. The van der Waals surface area contributed by atoms with Gasteiger partial charge in [-0.2, -0.15) is 0 Å². The predicted molar refractivity (Wildman–Crippen MR) is 61.8 cm³/mol. The third kappa shape index (κ3) is 2.33. The molecule has 2 rings (SSSR count). The van der Waals surface area contributed by atoms with Crippen molar-refractivity contribution in [3.05, 3.63) is 64.1 Å². The molecule has 0 aliphatic carbocycles. The average molecular weight is 280 g/mol. The number of benzene rings is 1. The molecule has 0 bridgehead atoms. The molecular formula is C12H7BrFNO. The van der Waals surface area contributed by atoms with Crippen molar-refractivity contribution in [2.75, 3.05) is 0 Å². The van der Waals surface area contributed by atoms with Crippen LogP contribution in [0.15, 0.2) is 47.2 Å². The van der Waals surface area contributed by atoms with Crippen molar-refractivity contribution in [3.63, 3.8) is 0 Å². The van der Waals surface area contributed by atoms with Gasteiger partial charge in [0, 0.05) is 28.0 Å². The molecular weight excluding hydrogens is 273 g/mol. The summed E-state index contributed by atoms with van der Waals surface area (Å²) in [5, 5.41) is 0.